The van der Waals surface area contributed by atoms with Crippen LogP contribution >= 0.6 is 0 Å². The zero-order valence-electron chi connectivity index (χ0n) is 15.3. The van der Waals surface area contributed by atoms with E-state index in [1.807, 2.05) is 12.2 Å². The predicted octanol–water partition coefficient (Wildman–Crippen LogP) is 5.74. The molecular weight excluding hydrogens is 334 g/mol. The van der Waals surface area contributed by atoms with Crippen LogP contribution in [0.3, 0.4) is 0 Å². The van der Waals surface area contributed by atoms with Gasteiger partial charge < -0.3 is 4.74 Å². The van der Waals surface area contributed by atoms with E-state index in [4.69, 9.17) is 4.74 Å². The lowest BCUT2D eigenvalue weighted by atomic mass is 9.82. The predicted molar refractivity (Wildman–Crippen MR) is 98.4 cm³/mol. The van der Waals surface area contributed by atoms with Crippen LogP contribution < -0.4 is 0 Å². The first kappa shape index (κ1) is 18.8. The number of carbonyl (C=O) groups is 1. The minimum Gasteiger partial charge on any atom is -0.462 e. The molecule has 2 aliphatic carbocycles. The zero-order valence-corrected chi connectivity index (χ0v) is 15.3. The van der Waals surface area contributed by atoms with Gasteiger partial charge in [0, 0.05) is 12.0 Å². The zero-order chi connectivity index (χ0) is 18.7. The molecule has 0 N–H and O–H groups in total. The van der Waals surface area contributed by atoms with Gasteiger partial charge in [-0.2, -0.15) is 0 Å². The molecule has 140 valence electrons. The van der Waals surface area contributed by atoms with Crippen molar-refractivity contribution in [3.05, 3.63) is 53.6 Å². The van der Waals surface area contributed by atoms with Crippen molar-refractivity contribution < 1.29 is 18.3 Å². The largest absolute Gasteiger partial charge is 0.462 e. The first-order valence-corrected chi connectivity index (χ1v) is 9.46. The van der Waals surface area contributed by atoms with Crippen molar-refractivity contribution in [3.8, 4) is 0 Å². The van der Waals surface area contributed by atoms with Crippen LogP contribution in [0.5, 0.6) is 0 Å². The fourth-order valence-electron chi connectivity index (χ4n) is 3.91. The highest BCUT2D eigenvalue weighted by atomic mass is 19.2. The van der Waals surface area contributed by atoms with Gasteiger partial charge in [0.05, 0.1) is 5.92 Å². The minimum atomic E-state index is -0.786. The number of halogens is 2. The quantitative estimate of drug-likeness (QED) is 0.505. The van der Waals surface area contributed by atoms with E-state index in [1.54, 1.807) is 19.1 Å². The number of allylic oxidation sites excluding steroid dienone is 2. The van der Waals surface area contributed by atoms with E-state index >= 15 is 0 Å². The number of hydrogen-bond donors (Lipinski definition) is 0. The van der Waals surface area contributed by atoms with Crippen molar-refractivity contribution in [2.45, 2.75) is 58.0 Å². The van der Waals surface area contributed by atoms with E-state index in [1.165, 1.54) is 0 Å². The Morgan fingerprint density at radius 1 is 1.15 bits per heavy atom. The van der Waals surface area contributed by atoms with Gasteiger partial charge in [-0.15, -0.1) is 6.58 Å². The SMILES string of the molecule is C=CC1CCC(C(=O)OC2CC=C(c3ccc(C)c(F)c3F)CC2)CC1. The number of aryl methyl sites for hydroxylation is 1. The molecule has 4 heteroatoms. The fraction of sp³-hybridized carbons (Fsp3) is 0.500. The fourth-order valence-corrected chi connectivity index (χ4v) is 3.91. The van der Waals surface area contributed by atoms with E-state index in [2.05, 4.69) is 6.58 Å². The molecule has 0 aliphatic heterocycles. The van der Waals surface area contributed by atoms with Crippen molar-refractivity contribution in [3.63, 3.8) is 0 Å². The van der Waals surface area contributed by atoms with Crippen LogP contribution in [0.4, 0.5) is 8.78 Å². The van der Waals surface area contributed by atoms with Crippen LogP contribution in [0.2, 0.25) is 0 Å². The standard InChI is InChI=1S/C22H26F2O2/c1-3-15-5-7-17(8-6-15)22(25)26-18-11-9-16(10-12-18)19-13-4-14(2)20(23)21(19)24/h3-4,9,13,15,17-18H,1,5-8,10-12H2,2H3. The maximum Gasteiger partial charge on any atom is 0.309 e. The van der Waals surface area contributed by atoms with Crippen molar-refractivity contribution >= 4 is 11.5 Å². The highest BCUT2D eigenvalue weighted by molar-refractivity contribution is 5.73. The summed E-state index contributed by atoms with van der Waals surface area (Å²) in [5.41, 5.74) is 1.42. The Labute approximate surface area is 153 Å². The molecule has 0 heterocycles. The van der Waals surface area contributed by atoms with E-state index < -0.39 is 11.6 Å². The molecule has 1 saturated carbocycles. The van der Waals surface area contributed by atoms with Crippen molar-refractivity contribution in [2.24, 2.45) is 11.8 Å². The Kier molecular flexibility index (Phi) is 5.90. The Balaban J connectivity index is 1.57. The molecule has 1 aromatic rings. The molecule has 26 heavy (non-hydrogen) atoms. The molecule has 1 fully saturated rings. The van der Waals surface area contributed by atoms with Gasteiger partial charge in [-0.1, -0.05) is 24.3 Å². The summed E-state index contributed by atoms with van der Waals surface area (Å²) in [6, 6.07) is 3.23. The summed E-state index contributed by atoms with van der Waals surface area (Å²) in [6.45, 7) is 5.37. The Morgan fingerprint density at radius 3 is 2.50 bits per heavy atom. The second kappa shape index (κ2) is 8.15. The summed E-state index contributed by atoms with van der Waals surface area (Å²) in [5, 5.41) is 0. The van der Waals surface area contributed by atoms with Crippen LogP contribution in [0.15, 0.2) is 30.9 Å². The van der Waals surface area contributed by atoms with Crippen LogP contribution in [-0.2, 0) is 9.53 Å². The molecule has 0 aromatic heterocycles. The van der Waals surface area contributed by atoms with Crippen LogP contribution in [0.1, 0.15) is 56.1 Å². The van der Waals surface area contributed by atoms with Gasteiger partial charge in [0.1, 0.15) is 6.10 Å². The van der Waals surface area contributed by atoms with E-state index in [-0.39, 0.29) is 18.0 Å². The topological polar surface area (TPSA) is 26.3 Å². The smallest absolute Gasteiger partial charge is 0.309 e. The van der Waals surface area contributed by atoms with E-state index in [0.29, 0.717) is 36.3 Å². The summed E-state index contributed by atoms with van der Waals surface area (Å²) >= 11 is 0. The average molecular weight is 360 g/mol. The second-order valence-corrected chi connectivity index (χ2v) is 7.47. The maximum atomic E-state index is 14.1. The molecule has 2 nitrogen and oxygen atoms in total. The number of esters is 1. The molecule has 0 amide bonds. The lowest BCUT2D eigenvalue weighted by Crippen LogP contribution is -2.28. The van der Waals surface area contributed by atoms with Gasteiger partial charge in [0.2, 0.25) is 0 Å². The van der Waals surface area contributed by atoms with E-state index in [0.717, 1.165) is 31.3 Å². The van der Waals surface area contributed by atoms with Crippen molar-refractivity contribution in [1.29, 1.82) is 0 Å². The van der Waals surface area contributed by atoms with Crippen LogP contribution in [0, 0.1) is 30.4 Å². The molecule has 0 radical (unpaired) electrons. The number of benzene rings is 1. The molecule has 0 saturated heterocycles. The highest BCUT2D eigenvalue weighted by Crippen LogP contribution is 2.34. The molecular formula is C22H26F2O2. The molecule has 1 atom stereocenters. The second-order valence-electron chi connectivity index (χ2n) is 7.47. The Morgan fingerprint density at radius 2 is 1.88 bits per heavy atom. The third-order valence-electron chi connectivity index (χ3n) is 5.71. The minimum absolute atomic E-state index is 0.0137. The van der Waals surface area contributed by atoms with Crippen molar-refractivity contribution in [2.75, 3.05) is 0 Å². The highest BCUT2D eigenvalue weighted by Gasteiger charge is 2.29. The summed E-state index contributed by atoms with van der Waals surface area (Å²) < 4.78 is 33.6. The lowest BCUT2D eigenvalue weighted by molar-refractivity contribution is -0.155. The summed E-state index contributed by atoms with van der Waals surface area (Å²) in [7, 11) is 0. The number of rotatable bonds is 4. The van der Waals surface area contributed by atoms with Gasteiger partial charge in [0.15, 0.2) is 11.6 Å². The van der Waals surface area contributed by atoms with Crippen molar-refractivity contribution in [1.82, 2.24) is 0 Å². The first-order chi connectivity index (χ1) is 12.5. The number of hydrogen-bond acceptors (Lipinski definition) is 2. The third-order valence-corrected chi connectivity index (χ3v) is 5.71. The van der Waals surface area contributed by atoms with Gasteiger partial charge in [-0.05, 0) is 62.5 Å². The number of ether oxygens (including phenoxy) is 1. The lowest BCUT2D eigenvalue weighted by Gasteiger charge is -2.28. The average Bonchev–Trinajstić information content (AvgIpc) is 2.67. The molecule has 2 aliphatic rings. The Hall–Kier alpha value is -1.97. The molecule has 1 unspecified atom stereocenters. The first-order valence-electron chi connectivity index (χ1n) is 9.46. The summed E-state index contributed by atoms with van der Waals surface area (Å²) in [4.78, 5) is 12.4. The van der Waals surface area contributed by atoms with Crippen LogP contribution in [-0.4, -0.2) is 12.1 Å². The molecule has 0 bridgehead atoms. The Bertz CT molecular complexity index is 715. The number of carbonyl (C=O) groups excluding carboxylic acids is 1. The molecule has 0 spiro atoms. The van der Waals surface area contributed by atoms with E-state index in [9.17, 15) is 13.6 Å². The monoisotopic (exact) mass is 360 g/mol. The molecule has 3 rings (SSSR count). The maximum absolute atomic E-state index is 14.1. The molecule has 1 aromatic carbocycles. The summed E-state index contributed by atoms with van der Waals surface area (Å²) in [5.74, 6) is -1.18. The van der Waals surface area contributed by atoms with Gasteiger partial charge >= 0.3 is 5.97 Å². The van der Waals surface area contributed by atoms with Gasteiger partial charge in [0.25, 0.3) is 0 Å². The van der Waals surface area contributed by atoms with Gasteiger partial charge in [-0.3, -0.25) is 4.79 Å². The van der Waals surface area contributed by atoms with Crippen LogP contribution in [0.25, 0.3) is 5.57 Å². The van der Waals surface area contributed by atoms with Gasteiger partial charge in [-0.25, -0.2) is 8.78 Å². The summed E-state index contributed by atoms with van der Waals surface area (Å²) in [6.07, 6.45) is 9.18. The third kappa shape index (κ3) is 4.05. The normalized spacial score (nSPS) is 26.1.